The molecule has 6 nitrogen and oxygen atoms in total. The van der Waals surface area contributed by atoms with Gasteiger partial charge >= 0.3 is 0 Å². The smallest absolute Gasteiger partial charge is 0.247 e. The van der Waals surface area contributed by atoms with Crippen molar-refractivity contribution in [1.82, 2.24) is 0 Å². The maximum Gasteiger partial charge on any atom is 0.247 e. The van der Waals surface area contributed by atoms with Crippen LogP contribution < -0.4 is 15.1 Å². The number of hydrogen-bond acceptors (Lipinski definition) is 3. The van der Waals surface area contributed by atoms with Crippen LogP contribution in [0.4, 0.5) is 17.1 Å². The first-order valence-corrected chi connectivity index (χ1v) is 9.00. The maximum atomic E-state index is 13.0. The van der Waals surface area contributed by atoms with Crippen LogP contribution in [-0.4, -0.2) is 30.8 Å². The van der Waals surface area contributed by atoms with Crippen molar-refractivity contribution in [3.8, 4) is 0 Å². The fourth-order valence-electron chi connectivity index (χ4n) is 3.35. The molecule has 0 saturated carbocycles. The fraction of sp³-hybridized carbons (Fsp3) is 0.286. The largest absolute Gasteiger partial charge is 0.326 e. The highest BCUT2D eigenvalue weighted by atomic mass is 16.2. The molecule has 0 aliphatic carbocycles. The zero-order valence-electron chi connectivity index (χ0n) is 15.6. The number of nitrogens with zero attached hydrogens (tertiary/aromatic N) is 2. The van der Waals surface area contributed by atoms with E-state index in [9.17, 15) is 14.4 Å². The summed E-state index contributed by atoms with van der Waals surface area (Å²) in [5.74, 6) is -0.543. The van der Waals surface area contributed by atoms with Crippen molar-refractivity contribution in [2.45, 2.75) is 26.7 Å². The highest BCUT2D eigenvalue weighted by Crippen LogP contribution is 2.27. The van der Waals surface area contributed by atoms with Crippen LogP contribution in [0.5, 0.6) is 0 Å². The molecule has 3 amide bonds. The third-order valence-corrected chi connectivity index (χ3v) is 4.56. The third-order valence-electron chi connectivity index (χ3n) is 4.56. The Kier molecular flexibility index (Phi) is 5.54. The van der Waals surface area contributed by atoms with Crippen molar-refractivity contribution < 1.29 is 14.4 Å². The molecule has 1 N–H and O–H groups in total. The van der Waals surface area contributed by atoms with Crippen molar-refractivity contribution in [2.24, 2.45) is 0 Å². The fourth-order valence-corrected chi connectivity index (χ4v) is 3.35. The van der Waals surface area contributed by atoms with Gasteiger partial charge in [0.25, 0.3) is 0 Å². The van der Waals surface area contributed by atoms with E-state index in [2.05, 4.69) is 5.32 Å². The number of rotatable bonds is 4. The number of aryl methyl sites for hydroxylation is 1. The van der Waals surface area contributed by atoms with Crippen LogP contribution in [0.15, 0.2) is 48.5 Å². The lowest BCUT2D eigenvalue weighted by Gasteiger charge is -2.31. The summed E-state index contributed by atoms with van der Waals surface area (Å²) in [4.78, 5) is 39.7. The van der Waals surface area contributed by atoms with Gasteiger partial charge in [-0.15, -0.1) is 0 Å². The van der Waals surface area contributed by atoms with Gasteiger partial charge < -0.3 is 15.1 Å². The van der Waals surface area contributed by atoms with E-state index in [0.29, 0.717) is 17.9 Å². The molecule has 140 valence electrons. The van der Waals surface area contributed by atoms with Crippen molar-refractivity contribution in [1.29, 1.82) is 0 Å². The quantitative estimate of drug-likeness (QED) is 0.906. The molecule has 0 aromatic heterocycles. The van der Waals surface area contributed by atoms with Gasteiger partial charge in [0.2, 0.25) is 17.7 Å². The van der Waals surface area contributed by atoms with Crippen molar-refractivity contribution in [3.63, 3.8) is 0 Å². The molecular formula is C21H23N3O3. The average molecular weight is 365 g/mol. The number of carbonyl (C=O) groups excluding carboxylic acids is 3. The summed E-state index contributed by atoms with van der Waals surface area (Å²) in [6.07, 6.45) is 1.86. The standard InChI is InChI=1S/C21H23N3O3/c1-15(25)22-18-9-5-10-19(13-18)24(16(2)26)14-21(27)23-12-6-8-17-7-3-4-11-20(17)23/h3-5,7,9-11,13H,6,8,12,14H2,1-2H3,(H,22,25). The Balaban J connectivity index is 1.82. The highest BCUT2D eigenvalue weighted by Gasteiger charge is 2.25. The van der Waals surface area contributed by atoms with Crippen molar-refractivity contribution in [2.75, 3.05) is 28.2 Å². The Bertz CT molecular complexity index is 878. The average Bonchev–Trinajstić information content (AvgIpc) is 2.65. The lowest BCUT2D eigenvalue weighted by atomic mass is 10.0. The molecule has 0 saturated heterocycles. The number of nitrogens with one attached hydrogen (secondary N) is 1. The molecular weight excluding hydrogens is 342 g/mol. The summed E-state index contributed by atoms with van der Waals surface area (Å²) in [5.41, 5.74) is 3.23. The van der Waals surface area contributed by atoms with Gasteiger partial charge in [0, 0.05) is 37.5 Å². The van der Waals surface area contributed by atoms with E-state index in [-0.39, 0.29) is 24.3 Å². The molecule has 0 atom stereocenters. The van der Waals surface area contributed by atoms with E-state index >= 15 is 0 Å². The molecule has 1 aliphatic rings. The van der Waals surface area contributed by atoms with Gasteiger partial charge in [-0.1, -0.05) is 24.3 Å². The molecule has 2 aromatic rings. The van der Waals surface area contributed by atoms with E-state index in [1.165, 1.54) is 18.7 Å². The number of amides is 3. The number of carbonyl (C=O) groups is 3. The molecule has 27 heavy (non-hydrogen) atoms. The molecule has 0 bridgehead atoms. The van der Waals surface area contributed by atoms with Crippen LogP contribution in [0.2, 0.25) is 0 Å². The van der Waals surface area contributed by atoms with Crippen molar-refractivity contribution >= 4 is 34.8 Å². The van der Waals surface area contributed by atoms with Crippen LogP contribution in [0, 0.1) is 0 Å². The first kappa shape index (κ1) is 18.6. The summed E-state index contributed by atoms with van der Waals surface area (Å²) in [6, 6.07) is 14.8. The lowest BCUT2D eigenvalue weighted by Crippen LogP contribution is -2.44. The maximum absolute atomic E-state index is 13.0. The minimum absolute atomic E-state index is 0.0484. The summed E-state index contributed by atoms with van der Waals surface area (Å²) in [5, 5.41) is 2.70. The van der Waals surface area contributed by atoms with Crippen LogP contribution in [0.3, 0.4) is 0 Å². The normalized spacial score (nSPS) is 12.9. The molecule has 0 radical (unpaired) electrons. The second kappa shape index (κ2) is 8.03. The Morgan fingerprint density at radius 3 is 2.59 bits per heavy atom. The molecule has 1 heterocycles. The van der Waals surface area contributed by atoms with Gasteiger partial charge in [-0.2, -0.15) is 0 Å². The summed E-state index contributed by atoms with van der Waals surface area (Å²) >= 11 is 0. The van der Waals surface area contributed by atoms with Gasteiger partial charge in [0.15, 0.2) is 0 Å². The summed E-state index contributed by atoms with van der Waals surface area (Å²) in [7, 11) is 0. The summed E-state index contributed by atoms with van der Waals surface area (Å²) in [6.45, 7) is 3.45. The Morgan fingerprint density at radius 1 is 1.07 bits per heavy atom. The minimum atomic E-state index is -0.228. The van der Waals surface area contributed by atoms with E-state index < -0.39 is 0 Å². The molecule has 3 rings (SSSR count). The van der Waals surface area contributed by atoms with E-state index in [1.54, 1.807) is 29.2 Å². The van der Waals surface area contributed by atoms with Crippen LogP contribution >= 0.6 is 0 Å². The van der Waals surface area contributed by atoms with Crippen LogP contribution in [0.25, 0.3) is 0 Å². The second-order valence-electron chi connectivity index (χ2n) is 6.61. The SMILES string of the molecule is CC(=O)Nc1cccc(N(CC(=O)N2CCCc3ccccc32)C(C)=O)c1. The number of benzene rings is 2. The first-order valence-electron chi connectivity index (χ1n) is 9.00. The topological polar surface area (TPSA) is 69.7 Å². The van der Waals surface area contributed by atoms with Crippen LogP contribution in [0.1, 0.15) is 25.8 Å². The van der Waals surface area contributed by atoms with E-state index in [1.807, 2.05) is 24.3 Å². The minimum Gasteiger partial charge on any atom is -0.326 e. The van der Waals surface area contributed by atoms with Gasteiger partial charge in [0.1, 0.15) is 6.54 Å². The highest BCUT2D eigenvalue weighted by molar-refractivity contribution is 6.04. The molecule has 1 aliphatic heterocycles. The predicted octanol–water partition coefficient (Wildman–Crippen LogP) is 2.98. The third kappa shape index (κ3) is 4.34. The number of fused-ring (bicyclic) bond motifs is 1. The van der Waals surface area contributed by atoms with Gasteiger partial charge in [-0.25, -0.2) is 0 Å². The molecule has 6 heteroatoms. The number of para-hydroxylation sites is 1. The lowest BCUT2D eigenvalue weighted by molar-refractivity contribution is -0.121. The molecule has 0 spiro atoms. The van der Waals surface area contributed by atoms with E-state index in [4.69, 9.17) is 0 Å². The monoisotopic (exact) mass is 365 g/mol. The Labute approximate surface area is 158 Å². The number of hydrogen-bond donors (Lipinski definition) is 1. The molecule has 0 unspecified atom stereocenters. The molecule has 2 aromatic carbocycles. The first-order chi connectivity index (χ1) is 13.0. The zero-order valence-corrected chi connectivity index (χ0v) is 15.6. The van der Waals surface area contributed by atoms with E-state index in [0.717, 1.165) is 24.1 Å². The van der Waals surface area contributed by atoms with Crippen LogP contribution in [-0.2, 0) is 20.8 Å². The Morgan fingerprint density at radius 2 is 1.85 bits per heavy atom. The van der Waals surface area contributed by atoms with Crippen molar-refractivity contribution in [3.05, 3.63) is 54.1 Å². The number of anilines is 3. The second-order valence-corrected chi connectivity index (χ2v) is 6.61. The molecule has 0 fully saturated rings. The summed E-state index contributed by atoms with van der Waals surface area (Å²) < 4.78 is 0. The van der Waals surface area contributed by atoms with Gasteiger partial charge in [-0.05, 0) is 42.7 Å². The zero-order chi connectivity index (χ0) is 19.4. The Hall–Kier alpha value is -3.15. The predicted molar refractivity (Wildman–Crippen MR) is 106 cm³/mol. The van der Waals surface area contributed by atoms with Gasteiger partial charge in [-0.3, -0.25) is 14.4 Å². The van der Waals surface area contributed by atoms with Gasteiger partial charge in [0.05, 0.1) is 0 Å².